The molecule has 5 rings (SSSR count). The van der Waals surface area contributed by atoms with Gasteiger partial charge in [0.1, 0.15) is 28.5 Å². The lowest BCUT2D eigenvalue weighted by Gasteiger charge is -2.33. The van der Waals surface area contributed by atoms with Gasteiger partial charge in [-0.2, -0.15) is 0 Å². The van der Waals surface area contributed by atoms with Crippen LogP contribution < -0.4 is 19.7 Å². The number of nitrogens with zero attached hydrogens (tertiary/aromatic N) is 3. The van der Waals surface area contributed by atoms with Crippen molar-refractivity contribution in [1.82, 2.24) is 9.97 Å². The van der Waals surface area contributed by atoms with Gasteiger partial charge in [0.2, 0.25) is 0 Å². The number of hydrogen-bond donors (Lipinski definition) is 1. The molecule has 0 amide bonds. The summed E-state index contributed by atoms with van der Waals surface area (Å²) >= 11 is 1.83. The number of aryl methyl sites for hydroxylation is 1. The van der Waals surface area contributed by atoms with E-state index in [1.54, 1.807) is 6.33 Å². The molecule has 2 aliphatic rings. The number of benzene rings is 1. The van der Waals surface area contributed by atoms with Gasteiger partial charge in [-0.15, -0.1) is 11.3 Å². The molecule has 8 heteroatoms. The van der Waals surface area contributed by atoms with Crippen molar-refractivity contribution in [3.05, 3.63) is 28.9 Å². The highest BCUT2D eigenvalue weighted by molar-refractivity contribution is 7.19. The van der Waals surface area contributed by atoms with Crippen LogP contribution >= 0.6 is 11.3 Å². The van der Waals surface area contributed by atoms with Crippen molar-refractivity contribution in [2.45, 2.75) is 53.9 Å². The summed E-state index contributed by atoms with van der Waals surface area (Å²) in [5, 5.41) is 4.77. The van der Waals surface area contributed by atoms with E-state index in [0.717, 1.165) is 64.8 Å². The van der Waals surface area contributed by atoms with E-state index in [9.17, 15) is 0 Å². The third-order valence-electron chi connectivity index (χ3n) is 7.34. The maximum atomic E-state index is 6.11. The van der Waals surface area contributed by atoms with E-state index in [0.29, 0.717) is 37.8 Å². The molecule has 1 unspecified atom stereocenters. The number of anilines is 3. The van der Waals surface area contributed by atoms with Gasteiger partial charge in [0.15, 0.2) is 0 Å². The van der Waals surface area contributed by atoms with Gasteiger partial charge in [-0.3, -0.25) is 0 Å². The summed E-state index contributed by atoms with van der Waals surface area (Å²) in [5.74, 6) is 3.17. The van der Waals surface area contributed by atoms with E-state index in [-0.39, 0.29) is 0 Å². The van der Waals surface area contributed by atoms with Gasteiger partial charge in [-0.25, -0.2) is 9.97 Å². The van der Waals surface area contributed by atoms with Crippen molar-refractivity contribution in [1.29, 1.82) is 0 Å². The minimum Gasteiger partial charge on any atom is -0.492 e. The standard InChI is InChI=1S/C28H38N4O3S/c1-6-34-22-16-21(32-10-12-33-13-11-32)23(35-7-2)15-20(22)31-26-25-19-9-8-18(28(3,4)5)14-24(19)36-27(25)30-17-29-26/h15-18H,6-14H2,1-5H3,(H,29,30,31). The third-order valence-corrected chi connectivity index (χ3v) is 8.50. The summed E-state index contributed by atoms with van der Waals surface area (Å²) in [6.07, 6.45) is 5.05. The van der Waals surface area contributed by atoms with Crippen molar-refractivity contribution in [2.24, 2.45) is 11.3 Å². The second-order valence-corrected chi connectivity index (χ2v) is 11.7. The highest BCUT2D eigenvalue weighted by Gasteiger charge is 2.32. The molecule has 0 radical (unpaired) electrons. The second kappa shape index (κ2) is 10.4. The highest BCUT2D eigenvalue weighted by Crippen LogP contribution is 2.46. The van der Waals surface area contributed by atoms with Gasteiger partial charge in [0.25, 0.3) is 0 Å². The average Bonchev–Trinajstić information content (AvgIpc) is 3.24. The molecule has 194 valence electrons. The van der Waals surface area contributed by atoms with Crippen molar-refractivity contribution in [2.75, 3.05) is 49.7 Å². The molecule has 0 spiro atoms. The van der Waals surface area contributed by atoms with Crippen LogP contribution in [0.15, 0.2) is 18.5 Å². The molecule has 0 saturated carbocycles. The van der Waals surface area contributed by atoms with Gasteiger partial charge in [-0.1, -0.05) is 20.8 Å². The van der Waals surface area contributed by atoms with Crippen LogP contribution in [0.2, 0.25) is 0 Å². The molecule has 3 aromatic rings. The fourth-order valence-corrected chi connectivity index (χ4v) is 6.58. The lowest BCUT2D eigenvalue weighted by atomic mass is 9.72. The van der Waals surface area contributed by atoms with Gasteiger partial charge < -0.3 is 24.4 Å². The summed E-state index contributed by atoms with van der Waals surface area (Å²) in [6.45, 7) is 15.4. The summed E-state index contributed by atoms with van der Waals surface area (Å²) in [5.41, 5.74) is 3.63. The van der Waals surface area contributed by atoms with Crippen molar-refractivity contribution in [3.63, 3.8) is 0 Å². The van der Waals surface area contributed by atoms with E-state index in [1.165, 1.54) is 16.9 Å². The smallest absolute Gasteiger partial charge is 0.145 e. The molecule has 1 aliphatic heterocycles. The predicted octanol–water partition coefficient (Wildman–Crippen LogP) is 6.22. The Hall–Kier alpha value is -2.58. The molecule has 36 heavy (non-hydrogen) atoms. The summed E-state index contributed by atoms with van der Waals surface area (Å²) < 4.78 is 17.8. The van der Waals surface area contributed by atoms with Crippen LogP contribution in [0.25, 0.3) is 10.2 Å². The number of morpholine rings is 1. The molecule has 1 saturated heterocycles. The number of ether oxygens (including phenoxy) is 3. The lowest BCUT2D eigenvalue weighted by Crippen LogP contribution is -2.36. The average molecular weight is 511 g/mol. The largest absolute Gasteiger partial charge is 0.492 e. The van der Waals surface area contributed by atoms with Crippen molar-refractivity contribution < 1.29 is 14.2 Å². The second-order valence-electron chi connectivity index (χ2n) is 10.6. The Labute approximate surface area is 218 Å². The summed E-state index contributed by atoms with van der Waals surface area (Å²) in [7, 11) is 0. The zero-order valence-electron chi connectivity index (χ0n) is 22.1. The first kappa shape index (κ1) is 25.1. The van der Waals surface area contributed by atoms with Crippen LogP contribution in [-0.2, 0) is 17.6 Å². The Morgan fingerprint density at radius 1 is 1.08 bits per heavy atom. The van der Waals surface area contributed by atoms with Crippen LogP contribution in [0.1, 0.15) is 51.5 Å². The number of thiophene rings is 1. The van der Waals surface area contributed by atoms with E-state index in [4.69, 9.17) is 19.2 Å². The van der Waals surface area contributed by atoms with Crippen LogP contribution in [0.5, 0.6) is 11.5 Å². The molecule has 1 atom stereocenters. The molecule has 1 fully saturated rings. The predicted molar refractivity (Wildman–Crippen MR) is 147 cm³/mol. The molecule has 0 bridgehead atoms. The fourth-order valence-electron chi connectivity index (χ4n) is 5.32. The van der Waals surface area contributed by atoms with Gasteiger partial charge in [-0.05, 0) is 50.0 Å². The Morgan fingerprint density at radius 2 is 1.83 bits per heavy atom. The van der Waals surface area contributed by atoms with Crippen molar-refractivity contribution in [3.8, 4) is 11.5 Å². The van der Waals surface area contributed by atoms with Gasteiger partial charge in [0, 0.05) is 30.1 Å². The van der Waals surface area contributed by atoms with Crippen molar-refractivity contribution >= 4 is 38.7 Å². The quantitative estimate of drug-likeness (QED) is 0.405. The zero-order chi connectivity index (χ0) is 25.3. The van der Waals surface area contributed by atoms with Crippen LogP contribution in [0, 0.1) is 11.3 Å². The molecule has 2 aromatic heterocycles. The topological polar surface area (TPSA) is 68.7 Å². The molecule has 1 aliphatic carbocycles. The molecule has 3 heterocycles. The maximum absolute atomic E-state index is 6.11. The minimum atomic E-state index is 0.310. The Morgan fingerprint density at radius 3 is 2.56 bits per heavy atom. The molecule has 1 aromatic carbocycles. The Kier molecular flexibility index (Phi) is 7.26. The van der Waals surface area contributed by atoms with Crippen LogP contribution in [0.3, 0.4) is 0 Å². The van der Waals surface area contributed by atoms with Gasteiger partial charge >= 0.3 is 0 Å². The van der Waals surface area contributed by atoms with E-state index >= 15 is 0 Å². The Balaban J connectivity index is 1.53. The number of nitrogens with one attached hydrogen (secondary N) is 1. The van der Waals surface area contributed by atoms with E-state index in [1.807, 2.05) is 25.2 Å². The van der Waals surface area contributed by atoms with Gasteiger partial charge in [0.05, 0.1) is 43.2 Å². The molecular formula is C28H38N4O3S. The highest BCUT2D eigenvalue weighted by atomic mass is 32.1. The fraction of sp³-hybridized carbons (Fsp3) is 0.571. The lowest BCUT2D eigenvalue weighted by molar-refractivity contribution is 0.122. The first-order chi connectivity index (χ1) is 17.4. The first-order valence-electron chi connectivity index (χ1n) is 13.2. The maximum Gasteiger partial charge on any atom is 0.145 e. The summed E-state index contributed by atoms with van der Waals surface area (Å²) in [4.78, 5) is 14.2. The first-order valence-corrected chi connectivity index (χ1v) is 14.0. The third kappa shape index (κ3) is 4.98. The van der Waals surface area contributed by atoms with E-state index in [2.05, 4.69) is 48.1 Å². The number of aromatic nitrogens is 2. The number of fused-ring (bicyclic) bond motifs is 3. The molecular weight excluding hydrogens is 472 g/mol. The van der Waals surface area contributed by atoms with Crippen LogP contribution in [0.4, 0.5) is 17.2 Å². The zero-order valence-corrected chi connectivity index (χ0v) is 23.0. The summed E-state index contributed by atoms with van der Waals surface area (Å²) in [6, 6.07) is 4.15. The monoisotopic (exact) mass is 510 g/mol. The number of hydrogen-bond acceptors (Lipinski definition) is 8. The molecule has 1 N–H and O–H groups in total. The number of rotatable bonds is 7. The van der Waals surface area contributed by atoms with E-state index < -0.39 is 0 Å². The minimum absolute atomic E-state index is 0.310. The Bertz CT molecular complexity index is 1210. The van der Waals surface area contributed by atoms with Crippen LogP contribution in [-0.4, -0.2) is 49.5 Å². The molecule has 7 nitrogen and oxygen atoms in total. The SMILES string of the molecule is CCOc1cc(N2CCOCC2)c(OCC)cc1Nc1ncnc2sc3c(c12)CCC(C(C)(C)C)C3. The normalized spacial score (nSPS) is 18.2.